The minimum absolute atomic E-state index is 0.264. The molecular weight excluding hydrogens is 258 g/mol. The molecular formula is C16H24ClNO. The fourth-order valence-corrected chi connectivity index (χ4v) is 3.01. The van der Waals surface area contributed by atoms with Gasteiger partial charge in [-0.2, -0.15) is 0 Å². The molecule has 2 rings (SSSR count). The van der Waals surface area contributed by atoms with E-state index in [9.17, 15) is 0 Å². The van der Waals surface area contributed by atoms with Gasteiger partial charge < -0.3 is 10.1 Å². The lowest BCUT2D eigenvalue weighted by molar-refractivity contribution is 0.209. The van der Waals surface area contributed by atoms with Gasteiger partial charge in [-0.1, -0.05) is 36.9 Å². The van der Waals surface area contributed by atoms with E-state index in [0.29, 0.717) is 0 Å². The topological polar surface area (TPSA) is 21.3 Å². The Kier molecular flexibility index (Phi) is 5.53. The first kappa shape index (κ1) is 14.7. The molecule has 0 radical (unpaired) electrons. The lowest BCUT2D eigenvalue weighted by atomic mass is 9.90. The molecule has 0 bridgehead atoms. The molecule has 1 aliphatic carbocycles. The standard InChI is InChI=1S/C16H24ClNO/c1-12(18-2)15-9-8-14(10-16(15)17)19-11-13-6-4-3-5-7-13/h8-10,12-13,18H,3-7,11H2,1-2H3. The van der Waals surface area contributed by atoms with E-state index in [1.54, 1.807) is 0 Å². The highest BCUT2D eigenvalue weighted by atomic mass is 35.5. The Hall–Kier alpha value is -0.730. The molecule has 1 aromatic carbocycles. The van der Waals surface area contributed by atoms with E-state index in [4.69, 9.17) is 16.3 Å². The van der Waals surface area contributed by atoms with Crippen LogP contribution in [0.2, 0.25) is 5.02 Å². The Balaban J connectivity index is 1.92. The van der Waals surface area contributed by atoms with Crippen molar-refractivity contribution in [3.8, 4) is 5.75 Å². The van der Waals surface area contributed by atoms with Crippen LogP contribution in [0.3, 0.4) is 0 Å². The van der Waals surface area contributed by atoms with E-state index in [-0.39, 0.29) is 6.04 Å². The van der Waals surface area contributed by atoms with Crippen LogP contribution in [0.15, 0.2) is 18.2 Å². The lowest BCUT2D eigenvalue weighted by Gasteiger charge is -2.22. The van der Waals surface area contributed by atoms with E-state index < -0.39 is 0 Å². The molecule has 3 heteroatoms. The first-order chi connectivity index (χ1) is 9.20. The second kappa shape index (κ2) is 7.16. The van der Waals surface area contributed by atoms with Crippen molar-refractivity contribution in [1.29, 1.82) is 0 Å². The summed E-state index contributed by atoms with van der Waals surface area (Å²) in [5.74, 6) is 1.62. The molecule has 0 aliphatic heterocycles. The van der Waals surface area contributed by atoms with Crippen LogP contribution in [-0.4, -0.2) is 13.7 Å². The summed E-state index contributed by atoms with van der Waals surface area (Å²) in [6.07, 6.45) is 6.71. The average molecular weight is 282 g/mol. The van der Waals surface area contributed by atoms with Gasteiger partial charge in [-0.15, -0.1) is 0 Å². The molecule has 1 fully saturated rings. The van der Waals surface area contributed by atoms with E-state index in [1.165, 1.54) is 32.1 Å². The molecule has 1 aliphatic rings. The van der Waals surface area contributed by atoms with Gasteiger partial charge in [-0.05, 0) is 50.4 Å². The maximum Gasteiger partial charge on any atom is 0.120 e. The lowest BCUT2D eigenvalue weighted by Crippen LogP contribution is -2.15. The third kappa shape index (κ3) is 4.12. The minimum atomic E-state index is 0.264. The molecule has 1 unspecified atom stereocenters. The molecule has 106 valence electrons. The van der Waals surface area contributed by atoms with Crippen LogP contribution < -0.4 is 10.1 Å². The first-order valence-corrected chi connectivity index (χ1v) is 7.68. The minimum Gasteiger partial charge on any atom is -0.493 e. The maximum absolute atomic E-state index is 6.30. The van der Waals surface area contributed by atoms with Crippen LogP contribution in [0.4, 0.5) is 0 Å². The van der Waals surface area contributed by atoms with Crippen LogP contribution in [0, 0.1) is 5.92 Å². The molecule has 1 atom stereocenters. The molecule has 2 nitrogen and oxygen atoms in total. The van der Waals surface area contributed by atoms with Gasteiger partial charge in [0.05, 0.1) is 6.61 Å². The second-order valence-electron chi connectivity index (χ2n) is 5.51. The number of halogens is 1. The molecule has 1 N–H and O–H groups in total. The summed E-state index contributed by atoms with van der Waals surface area (Å²) in [5.41, 5.74) is 1.12. The number of nitrogens with one attached hydrogen (secondary N) is 1. The van der Waals surface area contributed by atoms with Crippen LogP contribution in [-0.2, 0) is 0 Å². The van der Waals surface area contributed by atoms with Crippen molar-refractivity contribution in [3.05, 3.63) is 28.8 Å². The molecule has 0 amide bonds. The van der Waals surface area contributed by atoms with Gasteiger partial charge in [0, 0.05) is 11.1 Å². The van der Waals surface area contributed by atoms with Crippen molar-refractivity contribution >= 4 is 11.6 Å². The van der Waals surface area contributed by atoms with Crippen molar-refractivity contribution < 1.29 is 4.74 Å². The summed E-state index contributed by atoms with van der Waals surface area (Å²) in [7, 11) is 1.94. The van der Waals surface area contributed by atoms with Crippen LogP contribution in [0.1, 0.15) is 50.6 Å². The maximum atomic E-state index is 6.30. The SMILES string of the molecule is CNC(C)c1ccc(OCC2CCCCC2)cc1Cl. The van der Waals surface area contributed by atoms with Crippen molar-refractivity contribution in [2.24, 2.45) is 5.92 Å². The van der Waals surface area contributed by atoms with Gasteiger partial charge in [0.15, 0.2) is 0 Å². The molecule has 0 spiro atoms. The van der Waals surface area contributed by atoms with E-state index >= 15 is 0 Å². The third-order valence-corrected chi connectivity index (χ3v) is 4.41. The number of hydrogen-bond acceptors (Lipinski definition) is 2. The van der Waals surface area contributed by atoms with Gasteiger partial charge in [-0.25, -0.2) is 0 Å². The smallest absolute Gasteiger partial charge is 0.120 e. The van der Waals surface area contributed by atoms with Crippen LogP contribution in [0.25, 0.3) is 0 Å². The summed E-state index contributed by atoms with van der Waals surface area (Å²) in [5, 5.41) is 3.98. The van der Waals surface area contributed by atoms with Crippen molar-refractivity contribution in [2.75, 3.05) is 13.7 Å². The van der Waals surface area contributed by atoms with Crippen molar-refractivity contribution in [2.45, 2.75) is 45.1 Å². The Morgan fingerprint density at radius 2 is 2.05 bits per heavy atom. The number of ether oxygens (including phenoxy) is 1. The van der Waals surface area contributed by atoms with Gasteiger partial charge in [0.2, 0.25) is 0 Å². The molecule has 1 saturated carbocycles. The number of hydrogen-bond donors (Lipinski definition) is 1. The molecule has 19 heavy (non-hydrogen) atoms. The number of rotatable bonds is 5. The molecule has 0 heterocycles. The highest BCUT2D eigenvalue weighted by Gasteiger charge is 2.14. The first-order valence-electron chi connectivity index (χ1n) is 7.30. The monoisotopic (exact) mass is 281 g/mol. The van der Waals surface area contributed by atoms with Gasteiger partial charge in [-0.3, -0.25) is 0 Å². The fourth-order valence-electron chi connectivity index (χ4n) is 2.67. The van der Waals surface area contributed by atoms with Gasteiger partial charge in [0.1, 0.15) is 5.75 Å². The number of benzene rings is 1. The Morgan fingerprint density at radius 3 is 2.68 bits per heavy atom. The Morgan fingerprint density at radius 1 is 1.32 bits per heavy atom. The van der Waals surface area contributed by atoms with Gasteiger partial charge >= 0.3 is 0 Å². The normalized spacial score (nSPS) is 18.3. The predicted molar refractivity (Wildman–Crippen MR) is 81.0 cm³/mol. The van der Waals surface area contributed by atoms with E-state index in [2.05, 4.69) is 18.3 Å². The Bertz CT molecular complexity index is 402. The quantitative estimate of drug-likeness (QED) is 0.853. The summed E-state index contributed by atoms with van der Waals surface area (Å²) >= 11 is 6.30. The van der Waals surface area contributed by atoms with Gasteiger partial charge in [0.25, 0.3) is 0 Å². The molecule has 0 saturated heterocycles. The average Bonchev–Trinajstić information content (AvgIpc) is 2.45. The summed E-state index contributed by atoms with van der Waals surface area (Å²) in [6.45, 7) is 2.93. The zero-order chi connectivity index (χ0) is 13.7. The molecule has 0 aromatic heterocycles. The summed E-state index contributed by atoms with van der Waals surface area (Å²) in [6, 6.07) is 6.28. The van der Waals surface area contributed by atoms with Crippen molar-refractivity contribution in [3.63, 3.8) is 0 Å². The predicted octanol–water partition coefficient (Wildman–Crippen LogP) is 4.58. The second-order valence-corrected chi connectivity index (χ2v) is 5.92. The van der Waals surface area contributed by atoms with Crippen LogP contribution >= 0.6 is 11.6 Å². The largest absolute Gasteiger partial charge is 0.493 e. The van der Waals surface area contributed by atoms with E-state index in [0.717, 1.165) is 28.9 Å². The van der Waals surface area contributed by atoms with Crippen molar-refractivity contribution in [1.82, 2.24) is 5.32 Å². The highest BCUT2D eigenvalue weighted by Crippen LogP contribution is 2.29. The Labute approximate surface area is 121 Å². The summed E-state index contributed by atoms with van der Waals surface area (Å²) in [4.78, 5) is 0. The molecule has 1 aromatic rings. The zero-order valence-corrected chi connectivity index (χ0v) is 12.7. The zero-order valence-electron chi connectivity index (χ0n) is 11.9. The fraction of sp³-hybridized carbons (Fsp3) is 0.625. The summed E-state index contributed by atoms with van der Waals surface area (Å²) < 4.78 is 5.89. The highest BCUT2D eigenvalue weighted by molar-refractivity contribution is 6.31. The third-order valence-electron chi connectivity index (χ3n) is 4.08. The van der Waals surface area contributed by atoms with Crippen LogP contribution in [0.5, 0.6) is 5.75 Å². The van der Waals surface area contributed by atoms with E-state index in [1.807, 2.05) is 19.2 Å².